The number of amides is 4. The molecule has 3 N–H and O–H groups in total. The third kappa shape index (κ3) is 3.95. The Hall–Kier alpha value is -3.68. The van der Waals surface area contributed by atoms with Gasteiger partial charge in [0, 0.05) is 29.9 Å². The van der Waals surface area contributed by atoms with Crippen LogP contribution in [0.25, 0.3) is 0 Å². The topological polar surface area (TPSA) is 116 Å². The summed E-state index contributed by atoms with van der Waals surface area (Å²) >= 11 is 0. The minimum atomic E-state index is -1.07. The molecule has 0 saturated carbocycles. The van der Waals surface area contributed by atoms with Crippen molar-refractivity contribution in [3.8, 4) is 0 Å². The van der Waals surface area contributed by atoms with E-state index in [1.807, 2.05) is 0 Å². The first-order valence-corrected chi connectivity index (χ1v) is 8.22. The molecule has 1 saturated heterocycles. The van der Waals surface area contributed by atoms with Crippen molar-refractivity contribution in [2.45, 2.75) is 13.3 Å². The largest absolute Gasteiger partial charge is 0.478 e. The summed E-state index contributed by atoms with van der Waals surface area (Å²) in [6.45, 7) is 1.91. The second kappa shape index (κ2) is 7.28. The summed E-state index contributed by atoms with van der Waals surface area (Å²) in [4.78, 5) is 48.3. The fourth-order valence-corrected chi connectivity index (χ4v) is 2.76. The molecule has 0 radical (unpaired) electrons. The van der Waals surface area contributed by atoms with E-state index < -0.39 is 17.9 Å². The van der Waals surface area contributed by atoms with Crippen LogP contribution >= 0.6 is 0 Å². The molecule has 0 atom stereocenters. The number of urea groups is 1. The summed E-state index contributed by atoms with van der Waals surface area (Å²) in [6, 6.07) is 10.5. The fraction of sp³-hybridized carbons (Fsp3) is 0.158. The molecule has 27 heavy (non-hydrogen) atoms. The van der Waals surface area contributed by atoms with Gasteiger partial charge >= 0.3 is 12.0 Å². The van der Waals surface area contributed by atoms with Gasteiger partial charge in [0.15, 0.2) is 0 Å². The summed E-state index contributed by atoms with van der Waals surface area (Å²) in [5.74, 6) is -1.85. The molecular formula is C19H17N3O5. The first-order valence-electron chi connectivity index (χ1n) is 8.22. The van der Waals surface area contributed by atoms with Crippen LogP contribution in [0.15, 0.2) is 42.5 Å². The molecule has 2 aromatic rings. The van der Waals surface area contributed by atoms with Crippen molar-refractivity contribution in [1.82, 2.24) is 5.32 Å². The third-order valence-electron chi connectivity index (χ3n) is 4.20. The van der Waals surface area contributed by atoms with E-state index in [1.165, 1.54) is 17.0 Å². The standard InChI is InChI=1S/C19H17N3O5/c1-11-5-6-13(10-15(11)18(25)26)20-17(24)12-3-2-4-14(9-12)22-8-7-16(23)21-19(22)27/h2-6,9-10H,7-8H2,1H3,(H,20,24)(H,25,26)(H,21,23,27). The Morgan fingerprint density at radius 3 is 2.63 bits per heavy atom. The van der Waals surface area contributed by atoms with Gasteiger partial charge in [-0.2, -0.15) is 0 Å². The highest BCUT2D eigenvalue weighted by Gasteiger charge is 2.24. The quantitative estimate of drug-likeness (QED) is 0.767. The molecule has 138 valence electrons. The second-order valence-corrected chi connectivity index (χ2v) is 6.09. The summed E-state index contributed by atoms with van der Waals surface area (Å²) < 4.78 is 0. The highest BCUT2D eigenvalue weighted by atomic mass is 16.4. The Kier molecular flexibility index (Phi) is 4.89. The minimum absolute atomic E-state index is 0.108. The number of rotatable bonds is 4. The molecule has 1 aliphatic rings. The minimum Gasteiger partial charge on any atom is -0.478 e. The van der Waals surface area contributed by atoms with E-state index in [0.717, 1.165) is 0 Å². The molecule has 1 fully saturated rings. The van der Waals surface area contributed by atoms with Crippen molar-refractivity contribution >= 4 is 35.2 Å². The van der Waals surface area contributed by atoms with Gasteiger partial charge < -0.3 is 10.4 Å². The molecule has 4 amide bonds. The molecule has 8 nitrogen and oxygen atoms in total. The highest BCUT2D eigenvalue weighted by molar-refractivity contribution is 6.08. The van der Waals surface area contributed by atoms with Gasteiger partial charge in [-0.15, -0.1) is 0 Å². The zero-order chi connectivity index (χ0) is 19.6. The normalized spacial score (nSPS) is 13.9. The molecule has 0 aromatic heterocycles. The lowest BCUT2D eigenvalue weighted by molar-refractivity contribution is -0.120. The van der Waals surface area contributed by atoms with Crippen molar-refractivity contribution < 1.29 is 24.3 Å². The molecular weight excluding hydrogens is 350 g/mol. The molecule has 8 heteroatoms. The Labute approximate surface area is 154 Å². The molecule has 0 unspecified atom stereocenters. The van der Waals surface area contributed by atoms with Crippen LogP contribution in [-0.2, 0) is 4.79 Å². The predicted molar refractivity (Wildman–Crippen MR) is 98.0 cm³/mol. The number of nitrogens with one attached hydrogen (secondary N) is 2. The number of aromatic carboxylic acids is 1. The van der Waals surface area contributed by atoms with Crippen LogP contribution in [0, 0.1) is 6.92 Å². The SMILES string of the molecule is Cc1ccc(NC(=O)c2cccc(N3CCC(=O)NC3=O)c2)cc1C(=O)O. The lowest BCUT2D eigenvalue weighted by Gasteiger charge is -2.26. The van der Waals surface area contributed by atoms with Gasteiger partial charge in [-0.05, 0) is 42.8 Å². The lowest BCUT2D eigenvalue weighted by atomic mass is 10.1. The second-order valence-electron chi connectivity index (χ2n) is 6.09. The van der Waals surface area contributed by atoms with Crippen molar-refractivity contribution in [2.75, 3.05) is 16.8 Å². The zero-order valence-electron chi connectivity index (χ0n) is 14.5. The van der Waals surface area contributed by atoms with E-state index in [0.29, 0.717) is 22.5 Å². The molecule has 2 aromatic carbocycles. The lowest BCUT2D eigenvalue weighted by Crippen LogP contribution is -2.49. The molecule has 0 bridgehead atoms. The van der Waals surface area contributed by atoms with E-state index in [9.17, 15) is 24.3 Å². The van der Waals surface area contributed by atoms with Gasteiger partial charge in [-0.1, -0.05) is 12.1 Å². The molecule has 0 aliphatic carbocycles. The number of anilines is 2. The van der Waals surface area contributed by atoms with Crippen LogP contribution in [0.5, 0.6) is 0 Å². The molecule has 0 spiro atoms. The van der Waals surface area contributed by atoms with E-state index in [1.54, 1.807) is 37.3 Å². The molecule has 1 aliphatic heterocycles. The van der Waals surface area contributed by atoms with E-state index in [2.05, 4.69) is 10.6 Å². The van der Waals surface area contributed by atoms with Crippen LogP contribution in [0.1, 0.15) is 32.7 Å². The monoisotopic (exact) mass is 367 g/mol. The summed E-state index contributed by atoms with van der Waals surface area (Å²) in [5.41, 5.74) is 1.84. The van der Waals surface area contributed by atoms with Crippen LogP contribution in [0.4, 0.5) is 16.2 Å². The maximum Gasteiger partial charge on any atom is 0.336 e. The average Bonchev–Trinajstić information content (AvgIpc) is 2.63. The smallest absolute Gasteiger partial charge is 0.336 e. The van der Waals surface area contributed by atoms with Crippen molar-refractivity contribution in [1.29, 1.82) is 0 Å². The number of carboxylic acid groups (broad SMARTS) is 1. The first-order chi connectivity index (χ1) is 12.8. The van der Waals surface area contributed by atoms with Crippen molar-refractivity contribution in [3.63, 3.8) is 0 Å². The number of carbonyl (C=O) groups is 4. The van der Waals surface area contributed by atoms with Gasteiger partial charge in [-0.3, -0.25) is 19.8 Å². The number of carbonyl (C=O) groups excluding carboxylic acids is 3. The van der Waals surface area contributed by atoms with E-state index in [-0.39, 0.29) is 24.4 Å². The van der Waals surface area contributed by atoms with Crippen molar-refractivity contribution in [2.24, 2.45) is 0 Å². The average molecular weight is 367 g/mol. The van der Waals surface area contributed by atoms with Crippen LogP contribution in [0.3, 0.4) is 0 Å². The maximum absolute atomic E-state index is 12.5. The number of imide groups is 1. The zero-order valence-corrected chi connectivity index (χ0v) is 14.5. The highest BCUT2D eigenvalue weighted by Crippen LogP contribution is 2.21. The fourth-order valence-electron chi connectivity index (χ4n) is 2.76. The number of hydrogen-bond acceptors (Lipinski definition) is 4. The van der Waals surface area contributed by atoms with Gasteiger partial charge in [-0.25, -0.2) is 9.59 Å². The summed E-state index contributed by atoms with van der Waals surface area (Å²) in [6.07, 6.45) is 0.184. The third-order valence-corrected chi connectivity index (χ3v) is 4.20. The first kappa shape index (κ1) is 18.1. The van der Waals surface area contributed by atoms with Gasteiger partial charge in [0.1, 0.15) is 0 Å². The van der Waals surface area contributed by atoms with Gasteiger partial charge in [0.25, 0.3) is 5.91 Å². The van der Waals surface area contributed by atoms with Crippen molar-refractivity contribution in [3.05, 3.63) is 59.2 Å². The van der Waals surface area contributed by atoms with E-state index >= 15 is 0 Å². The van der Waals surface area contributed by atoms with Gasteiger partial charge in [0.2, 0.25) is 5.91 Å². The summed E-state index contributed by atoms with van der Waals surface area (Å²) in [7, 11) is 0. The molecule has 1 heterocycles. The number of nitrogens with zero attached hydrogens (tertiary/aromatic N) is 1. The number of aryl methyl sites for hydroxylation is 1. The van der Waals surface area contributed by atoms with Crippen LogP contribution < -0.4 is 15.5 Å². The number of hydrogen-bond donors (Lipinski definition) is 3. The Morgan fingerprint density at radius 2 is 1.93 bits per heavy atom. The Bertz CT molecular complexity index is 954. The predicted octanol–water partition coefficient (Wildman–Crippen LogP) is 2.39. The van der Waals surface area contributed by atoms with Crippen LogP contribution in [0.2, 0.25) is 0 Å². The maximum atomic E-state index is 12.5. The molecule has 3 rings (SSSR count). The number of carboxylic acids is 1. The Balaban J connectivity index is 1.80. The number of benzene rings is 2. The summed E-state index contributed by atoms with van der Waals surface area (Å²) in [5, 5.41) is 14.1. The van der Waals surface area contributed by atoms with Crippen LogP contribution in [-0.4, -0.2) is 35.5 Å². The van der Waals surface area contributed by atoms with E-state index in [4.69, 9.17) is 0 Å². The Morgan fingerprint density at radius 1 is 1.15 bits per heavy atom. The van der Waals surface area contributed by atoms with Gasteiger partial charge in [0.05, 0.1) is 5.56 Å².